The van der Waals surface area contributed by atoms with Crippen LogP contribution < -0.4 is 4.72 Å². The van der Waals surface area contributed by atoms with Gasteiger partial charge in [0, 0.05) is 6.54 Å². The van der Waals surface area contributed by atoms with E-state index < -0.39 is 10.0 Å². The zero-order valence-corrected chi connectivity index (χ0v) is 15.3. The predicted octanol–water partition coefficient (Wildman–Crippen LogP) is 3.75. The van der Waals surface area contributed by atoms with E-state index in [1.165, 1.54) is 5.56 Å². The SMILES string of the molecule is Cc1c(C)c(C)c(S(=O)(=O)NCCc2ccccc2)c(C)c1C. The Hall–Kier alpha value is -1.65. The van der Waals surface area contributed by atoms with E-state index in [1.807, 2.05) is 65.0 Å². The molecule has 0 bridgehead atoms. The zero-order chi connectivity index (χ0) is 17.2. The monoisotopic (exact) mass is 331 g/mol. The molecule has 0 aliphatic heterocycles. The van der Waals surface area contributed by atoms with Crippen molar-refractivity contribution >= 4 is 10.0 Å². The van der Waals surface area contributed by atoms with Crippen molar-refractivity contribution < 1.29 is 8.42 Å². The molecule has 2 aromatic carbocycles. The summed E-state index contributed by atoms with van der Waals surface area (Å²) in [7, 11) is -3.50. The first-order chi connectivity index (χ1) is 10.8. The van der Waals surface area contributed by atoms with E-state index in [0.29, 0.717) is 17.9 Å². The van der Waals surface area contributed by atoms with Crippen LogP contribution in [0.1, 0.15) is 33.4 Å². The Bertz CT molecular complexity index is 780. The van der Waals surface area contributed by atoms with Gasteiger partial charge < -0.3 is 0 Å². The van der Waals surface area contributed by atoms with Crippen molar-refractivity contribution in [3.63, 3.8) is 0 Å². The van der Waals surface area contributed by atoms with E-state index in [4.69, 9.17) is 0 Å². The Morgan fingerprint density at radius 1 is 0.783 bits per heavy atom. The molecular weight excluding hydrogens is 306 g/mol. The van der Waals surface area contributed by atoms with E-state index >= 15 is 0 Å². The number of nitrogens with one attached hydrogen (secondary N) is 1. The third-order valence-corrected chi connectivity index (χ3v) is 6.48. The number of sulfonamides is 1. The summed E-state index contributed by atoms with van der Waals surface area (Å²) >= 11 is 0. The van der Waals surface area contributed by atoms with Crippen molar-refractivity contribution in [2.45, 2.75) is 45.9 Å². The summed E-state index contributed by atoms with van der Waals surface area (Å²) in [6.45, 7) is 10.2. The van der Waals surface area contributed by atoms with Gasteiger partial charge in [-0.25, -0.2) is 13.1 Å². The molecule has 0 atom stereocenters. The minimum atomic E-state index is -3.50. The molecule has 0 unspecified atom stereocenters. The highest BCUT2D eigenvalue weighted by Gasteiger charge is 2.23. The first-order valence-electron chi connectivity index (χ1n) is 7.86. The lowest BCUT2D eigenvalue weighted by atomic mass is 9.95. The number of benzene rings is 2. The summed E-state index contributed by atoms with van der Waals surface area (Å²) in [4.78, 5) is 0.436. The smallest absolute Gasteiger partial charge is 0.211 e. The van der Waals surface area contributed by atoms with E-state index in [-0.39, 0.29) is 0 Å². The maximum Gasteiger partial charge on any atom is 0.241 e. The van der Waals surface area contributed by atoms with Crippen LogP contribution in [0.25, 0.3) is 0 Å². The first-order valence-corrected chi connectivity index (χ1v) is 9.34. The van der Waals surface area contributed by atoms with Crippen LogP contribution >= 0.6 is 0 Å². The van der Waals surface area contributed by atoms with E-state index in [2.05, 4.69) is 4.72 Å². The Labute approximate surface area is 139 Å². The van der Waals surface area contributed by atoms with Gasteiger partial charge in [-0.1, -0.05) is 30.3 Å². The minimum Gasteiger partial charge on any atom is -0.211 e. The molecule has 1 N–H and O–H groups in total. The van der Waals surface area contributed by atoms with Gasteiger partial charge in [0.05, 0.1) is 4.90 Å². The first kappa shape index (κ1) is 17.7. The summed E-state index contributed by atoms with van der Waals surface area (Å²) in [5.74, 6) is 0. The molecule has 124 valence electrons. The summed E-state index contributed by atoms with van der Waals surface area (Å²) < 4.78 is 28.3. The second-order valence-corrected chi connectivity index (χ2v) is 7.79. The van der Waals surface area contributed by atoms with Crippen molar-refractivity contribution in [3.8, 4) is 0 Å². The molecule has 0 radical (unpaired) electrons. The van der Waals surface area contributed by atoms with Gasteiger partial charge in [-0.2, -0.15) is 0 Å². The summed E-state index contributed by atoms with van der Waals surface area (Å²) in [5, 5.41) is 0. The van der Waals surface area contributed by atoms with Crippen molar-refractivity contribution in [1.29, 1.82) is 0 Å². The molecule has 4 heteroatoms. The van der Waals surface area contributed by atoms with Gasteiger partial charge >= 0.3 is 0 Å². The standard InChI is InChI=1S/C19H25NO2S/c1-13-14(2)16(4)19(17(5)15(13)3)23(21,22)20-12-11-18-9-7-6-8-10-18/h6-10,20H,11-12H2,1-5H3. The van der Waals surface area contributed by atoms with Gasteiger partial charge in [0.2, 0.25) is 10.0 Å². The second kappa shape index (κ2) is 6.85. The van der Waals surface area contributed by atoms with Crippen LogP contribution in [-0.2, 0) is 16.4 Å². The number of rotatable bonds is 5. The molecule has 0 saturated heterocycles. The lowest BCUT2D eigenvalue weighted by molar-refractivity contribution is 0.580. The Kier molecular flexibility index (Phi) is 5.27. The van der Waals surface area contributed by atoms with Gasteiger partial charge in [0.15, 0.2) is 0 Å². The molecule has 23 heavy (non-hydrogen) atoms. The van der Waals surface area contributed by atoms with Gasteiger partial charge in [0.1, 0.15) is 0 Å². The molecule has 0 spiro atoms. The molecule has 3 nitrogen and oxygen atoms in total. The number of hydrogen-bond acceptors (Lipinski definition) is 2. The van der Waals surface area contributed by atoms with Crippen LogP contribution in [0.5, 0.6) is 0 Å². The fraction of sp³-hybridized carbons (Fsp3) is 0.368. The fourth-order valence-corrected chi connectivity index (χ4v) is 4.54. The van der Waals surface area contributed by atoms with Gasteiger partial charge in [-0.3, -0.25) is 0 Å². The lowest BCUT2D eigenvalue weighted by Gasteiger charge is -2.19. The average Bonchev–Trinajstić information content (AvgIpc) is 2.52. The van der Waals surface area contributed by atoms with Gasteiger partial charge in [-0.05, 0) is 74.4 Å². The zero-order valence-electron chi connectivity index (χ0n) is 14.5. The van der Waals surface area contributed by atoms with Crippen molar-refractivity contribution in [2.75, 3.05) is 6.54 Å². The molecule has 2 aromatic rings. The summed E-state index contributed by atoms with van der Waals surface area (Å²) in [6.07, 6.45) is 0.683. The normalized spacial score (nSPS) is 11.7. The summed E-state index contributed by atoms with van der Waals surface area (Å²) in [5.41, 5.74) is 6.09. The molecule has 0 fully saturated rings. The molecule has 0 aromatic heterocycles. The van der Waals surface area contributed by atoms with Crippen LogP contribution in [0.3, 0.4) is 0 Å². The molecule has 2 rings (SSSR count). The van der Waals surface area contributed by atoms with Crippen LogP contribution in [0.2, 0.25) is 0 Å². The largest absolute Gasteiger partial charge is 0.241 e. The van der Waals surface area contributed by atoms with Crippen LogP contribution in [0.15, 0.2) is 35.2 Å². The topological polar surface area (TPSA) is 46.2 Å². The Balaban J connectivity index is 2.27. The molecule has 0 aliphatic rings. The maximum atomic E-state index is 12.8. The minimum absolute atomic E-state index is 0.400. The third-order valence-electron chi connectivity index (χ3n) is 4.75. The molecule has 0 amide bonds. The molecular formula is C19H25NO2S. The predicted molar refractivity (Wildman–Crippen MR) is 95.5 cm³/mol. The van der Waals surface area contributed by atoms with Crippen LogP contribution in [0, 0.1) is 34.6 Å². The second-order valence-electron chi connectivity index (χ2n) is 6.09. The highest BCUT2D eigenvalue weighted by atomic mass is 32.2. The van der Waals surface area contributed by atoms with E-state index in [9.17, 15) is 8.42 Å². The number of hydrogen-bond donors (Lipinski definition) is 1. The van der Waals surface area contributed by atoms with Crippen LogP contribution in [0.4, 0.5) is 0 Å². The average molecular weight is 331 g/mol. The third kappa shape index (κ3) is 3.65. The van der Waals surface area contributed by atoms with Gasteiger partial charge in [-0.15, -0.1) is 0 Å². The van der Waals surface area contributed by atoms with Crippen molar-refractivity contribution in [3.05, 3.63) is 63.7 Å². The summed E-state index contributed by atoms with van der Waals surface area (Å²) in [6, 6.07) is 9.89. The lowest BCUT2D eigenvalue weighted by Crippen LogP contribution is -2.28. The van der Waals surface area contributed by atoms with E-state index in [1.54, 1.807) is 0 Å². The maximum absolute atomic E-state index is 12.8. The highest BCUT2D eigenvalue weighted by Crippen LogP contribution is 2.29. The van der Waals surface area contributed by atoms with Crippen LogP contribution in [-0.4, -0.2) is 15.0 Å². The quantitative estimate of drug-likeness (QED) is 0.907. The van der Waals surface area contributed by atoms with E-state index in [0.717, 1.165) is 27.8 Å². The van der Waals surface area contributed by atoms with Crippen molar-refractivity contribution in [1.82, 2.24) is 4.72 Å². The highest BCUT2D eigenvalue weighted by molar-refractivity contribution is 7.89. The van der Waals surface area contributed by atoms with Crippen molar-refractivity contribution in [2.24, 2.45) is 0 Å². The molecule has 0 aliphatic carbocycles. The Morgan fingerprint density at radius 3 is 1.78 bits per heavy atom. The van der Waals surface area contributed by atoms with Gasteiger partial charge in [0.25, 0.3) is 0 Å². The fourth-order valence-electron chi connectivity index (χ4n) is 2.92. The Morgan fingerprint density at radius 2 is 1.26 bits per heavy atom. The molecule has 0 saturated carbocycles. The molecule has 0 heterocycles.